The molecular formula is C26H26N4O4S2. The van der Waals surface area contributed by atoms with E-state index in [2.05, 4.69) is 24.3 Å². The molecule has 0 atom stereocenters. The zero-order valence-corrected chi connectivity index (χ0v) is 21.6. The minimum absolute atomic E-state index is 0.245. The van der Waals surface area contributed by atoms with Gasteiger partial charge < -0.3 is 9.15 Å². The van der Waals surface area contributed by atoms with Crippen molar-refractivity contribution in [3.63, 3.8) is 0 Å². The van der Waals surface area contributed by atoms with Gasteiger partial charge in [0.05, 0.1) is 35.8 Å². The van der Waals surface area contributed by atoms with E-state index in [1.54, 1.807) is 35.2 Å². The Hall–Kier alpha value is -3.31. The molecule has 0 bridgehead atoms. The summed E-state index contributed by atoms with van der Waals surface area (Å²) in [6, 6.07) is 18.5. The second-order valence-electron chi connectivity index (χ2n) is 8.37. The SMILES string of the molecule is CC(=Nn1c(-c2ccc(C)cc2)csc1=Nc1ccc(S(=O)(=O)N2CCOCC2)cc1)c1ccco1. The molecular weight excluding hydrogens is 496 g/mol. The second-order valence-corrected chi connectivity index (χ2v) is 11.1. The topological polar surface area (TPSA) is 89.4 Å². The van der Waals surface area contributed by atoms with Crippen LogP contribution < -0.4 is 4.80 Å². The molecule has 2 aromatic heterocycles. The lowest BCUT2D eigenvalue weighted by atomic mass is 10.1. The van der Waals surface area contributed by atoms with Crippen LogP contribution >= 0.6 is 11.3 Å². The van der Waals surface area contributed by atoms with Crippen molar-refractivity contribution < 1.29 is 17.6 Å². The number of aromatic nitrogens is 1. The molecule has 0 unspecified atom stereocenters. The van der Waals surface area contributed by atoms with Crippen LogP contribution in [0, 0.1) is 6.92 Å². The maximum absolute atomic E-state index is 12.9. The Bertz CT molecular complexity index is 1530. The Kier molecular flexibility index (Phi) is 7.01. The first-order valence-corrected chi connectivity index (χ1v) is 13.8. The molecule has 1 fully saturated rings. The number of sulfonamides is 1. The number of nitrogens with zero attached hydrogens (tertiary/aromatic N) is 4. The number of hydrogen-bond acceptors (Lipinski definition) is 7. The molecule has 4 aromatic rings. The van der Waals surface area contributed by atoms with Gasteiger partial charge in [0.1, 0.15) is 11.5 Å². The van der Waals surface area contributed by atoms with E-state index < -0.39 is 10.0 Å². The van der Waals surface area contributed by atoms with Crippen LogP contribution in [0.4, 0.5) is 5.69 Å². The lowest BCUT2D eigenvalue weighted by Crippen LogP contribution is -2.40. The minimum atomic E-state index is -3.56. The minimum Gasteiger partial charge on any atom is -0.463 e. The lowest BCUT2D eigenvalue weighted by molar-refractivity contribution is 0.0730. The van der Waals surface area contributed by atoms with E-state index in [0.29, 0.717) is 48.3 Å². The van der Waals surface area contributed by atoms with Crippen molar-refractivity contribution in [3.8, 4) is 11.3 Å². The van der Waals surface area contributed by atoms with Gasteiger partial charge in [-0.05, 0) is 50.2 Å². The summed E-state index contributed by atoms with van der Waals surface area (Å²) in [6.45, 7) is 5.47. The summed E-state index contributed by atoms with van der Waals surface area (Å²) in [5, 5.41) is 6.83. The fourth-order valence-corrected chi connectivity index (χ4v) is 6.08. The van der Waals surface area contributed by atoms with Crippen molar-refractivity contribution in [1.82, 2.24) is 8.98 Å². The highest BCUT2D eigenvalue weighted by atomic mass is 32.2. The van der Waals surface area contributed by atoms with E-state index in [0.717, 1.165) is 11.3 Å². The monoisotopic (exact) mass is 522 g/mol. The van der Waals surface area contributed by atoms with Crippen LogP contribution in [0.2, 0.25) is 0 Å². The van der Waals surface area contributed by atoms with Gasteiger partial charge in [0.15, 0.2) is 0 Å². The number of morpholine rings is 1. The van der Waals surface area contributed by atoms with Crippen LogP contribution in [0.15, 0.2) is 91.7 Å². The molecule has 0 saturated carbocycles. The molecule has 0 aliphatic carbocycles. The van der Waals surface area contributed by atoms with Crippen LogP contribution in [-0.2, 0) is 14.8 Å². The maximum Gasteiger partial charge on any atom is 0.243 e. The quantitative estimate of drug-likeness (QED) is 0.345. The Morgan fingerprint density at radius 3 is 2.39 bits per heavy atom. The van der Waals surface area contributed by atoms with E-state index in [1.165, 1.54) is 21.2 Å². The molecule has 5 rings (SSSR count). The Morgan fingerprint density at radius 1 is 1.00 bits per heavy atom. The summed E-state index contributed by atoms with van der Waals surface area (Å²) in [5.41, 5.74) is 4.43. The van der Waals surface area contributed by atoms with E-state index in [4.69, 9.17) is 19.2 Å². The van der Waals surface area contributed by atoms with Crippen molar-refractivity contribution in [2.24, 2.45) is 10.1 Å². The summed E-state index contributed by atoms with van der Waals surface area (Å²) in [6.07, 6.45) is 1.62. The van der Waals surface area contributed by atoms with E-state index >= 15 is 0 Å². The summed E-state index contributed by atoms with van der Waals surface area (Å²) >= 11 is 1.46. The molecule has 1 saturated heterocycles. The second kappa shape index (κ2) is 10.4. The molecule has 1 aliphatic rings. The first-order valence-electron chi connectivity index (χ1n) is 11.5. The third-order valence-corrected chi connectivity index (χ3v) is 8.56. The van der Waals surface area contributed by atoms with Crippen molar-refractivity contribution in [2.45, 2.75) is 18.7 Å². The molecule has 2 aromatic carbocycles. The fourth-order valence-electron chi connectivity index (χ4n) is 3.82. The Labute approximate surface area is 213 Å². The van der Waals surface area contributed by atoms with Gasteiger partial charge in [-0.1, -0.05) is 29.8 Å². The molecule has 0 spiro atoms. The first kappa shape index (κ1) is 24.4. The summed E-state index contributed by atoms with van der Waals surface area (Å²) < 4.78 is 39.9. The molecule has 0 N–H and O–H groups in total. The molecule has 36 heavy (non-hydrogen) atoms. The van der Waals surface area contributed by atoms with Crippen LogP contribution in [0.25, 0.3) is 11.3 Å². The van der Waals surface area contributed by atoms with E-state index in [9.17, 15) is 8.42 Å². The number of rotatable bonds is 6. The van der Waals surface area contributed by atoms with Gasteiger partial charge >= 0.3 is 0 Å². The number of furan rings is 1. The van der Waals surface area contributed by atoms with Crippen LogP contribution in [-0.4, -0.2) is 49.4 Å². The van der Waals surface area contributed by atoms with Crippen molar-refractivity contribution in [1.29, 1.82) is 0 Å². The number of thiazole rings is 1. The van der Waals surface area contributed by atoms with Gasteiger partial charge in [-0.2, -0.15) is 9.41 Å². The third-order valence-electron chi connectivity index (χ3n) is 5.83. The Balaban J connectivity index is 1.54. The van der Waals surface area contributed by atoms with Gasteiger partial charge in [0.2, 0.25) is 14.8 Å². The highest BCUT2D eigenvalue weighted by Gasteiger charge is 2.26. The number of ether oxygens (including phenoxy) is 1. The summed E-state index contributed by atoms with van der Waals surface area (Å²) in [4.78, 5) is 5.69. The maximum atomic E-state index is 12.9. The van der Waals surface area contributed by atoms with Gasteiger partial charge in [-0.15, -0.1) is 11.3 Å². The first-order chi connectivity index (χ1) is 17.4. The molecule has 1 aliphatic heterocycles. The van der Waals surface area contributed by atoms with Gasteiger partial charge in [-0.3, -0.25) is 0 Å². The predicted octanol–water partition coefficient (Wildman–Crippen LogP) is 4.64. The third kappa shape index (κ3) is 5.12. The zero-order chi connectivity index (χ0) is 25.1. The largest absolute Gasteiger partial charge is 0.463 e. The number of benzene rings is 2. The van der Waals surface area contributed by atoms with Crippen molar-refractivity contribution in [2.75, 3.05) is 26.3 Å². The molecule has 10 heteroatoms. The van der Waals surface area contributed by atoms with Crippen LogP contribution in [0.3, 0.4) is 0 Å². The Morgan fingerprint density at radius 2 is 1.72 bits per heavy atom. The number of aryl methyl sites for hydroxylation is 1. The normalized spacial score (nSPS) is 15.9. The van der Waals surface area contributed by atoms with E-state index in [-0.39, 0.29) is 4.90 Å². The van der Waals surface area contributed by atoms with E-state index in [1.807, 2.05) is 31.4 Å². The van der Waals surface area contributed by atoms with Crippen LogP contribution in [0.5, 0.6) is 0 Å². The van der Waals surface area contributed by atoms with Crippen molar-refractivity contribution in [3.05, 3.63) is 88.4 Å². The van der Waals surface area contributed by atoms with Gasteiger partial charge in [0.25, 0.3) is 0 Å². The molecule has 3 heterocycles. The highest BCUT2D eigenvalue weighted by Crippen LogP contribution is 2.23. The van der Waals surface area contributed by atoms with Crippen LogP contribution in [0.1, 0.15) is 18.2 Å². The zero-order valence-electron chi connectivity index (χ0n) is 20.0. The molecule has 8 nitrogen and oxygen atoms in total. The molecule has 186 valence electrons. The average molecular weight is 523 g/mol. The van der Waals surface area contributed by atoms with Gasteiger partial charge in [0, 0.05) is 24.0 Å². The fraction of sp³-hybridized carbons (Fsp3) is 0.231. The smallest absolute Gasteiger partial charge is 0.243 e. The summed E-state index contributed by atoms with van der Waals surface area (Å²) in [5.74, 6) is 0.673. The van der Waals surface area contributed by atoms with Gasteiger partial charge in [-0.25, -0.2) is 18.1 Å². The molecule has 0 radical (unpaired) electrons. The van der Waals surface area contributed by atoms with Crippen molar-refractivity contribution >= 4 is 32.8 Å². The lowest BCUT2D eigenvalue weighted by Gasteiger charge is -2.26. The average Bonchev–Trinajstić information content (AvgIpc) is 3.57. The highest BCUT2D eigenvalue weighted by molar-refractivity contribution is 7.89. The standard InChI is InChI=1S/C26H26N4O4S2/c1-19-5-7-21(8-6-19)24-18-35-26(30(24)28-20(2)25-4-3-15-34-25)27-22-9-11-23(12-10-22)36(31,32)29-13-16-33-17-14-29/h3-12,15,18H,13-14,16-17H2,1-2H3. The summed E-state index contributed by atoms with van der Waals surface area (Å²) in [7, 11) is -3.56. The predicted molar refractivity (Wildman–Crippen MR) is 140 cm³/mol. The molecule has 0 amide bonds. The number of hydrogen-bond donors (Lipinski definition) is 0.